The summed E-state index contributed by atoms with van der Waals surface area (Å²) >= 11 is 220. The van der Waals surface area contributed by atoms with Crippen molar-refractivity contribution in [3.8, 4) is 0 Å². The lowest BCUT2D eigenvalue weighted by Gasteiger charge is -2.58. The quantitative estimate of drug-likeness (QED) is 0.124. The predicted octanol–water partition coefficient (Wildman–Crippen LogP) is 20.0. The summed E-state index contributed by atoms with van der Waals surface area (Å²) in [4.78, 5) is 0. The molecule has 1 N–H and O–H groups in total. The van der Waals surface area contributed by atoms with Gasteiger partial charge in [-0.1, -0.05) is 406 Å². The predicted molar refractivity (Wildman–Crippen MR) is 263 cm³/mol. The zero-order valence-corrected chi connectivity index (χ0v) is 50.7. The molecule has 0 aliphatic heterocycles. The number of halogens is 35. The molecular weight excluding hydrogens is 1530 g/mol. The van der Waals surface area contributed by atoms with Crippen LogP contribution < -0.4 is 0 Å². The van der Waals surface area contributed by atoms with Gasteiger partial charge in [-0.2, -0.15) is 8.42 Å². The molecule has 39 heteroatoms. The smallest absolute Gasteiger partial charge is 0.283 e. The highest BCUT2D eigenvalue weighted by atomic mass is 35.6. The zero-order valence-electron chi connectivity index (χ0n) is 23.4. The van der Waals surface area contributed by atoms with E-state index in [4.69, 9.17) is 406 Å². The highest BCUT2D eigenvalue weighted by Gasteiger charge is 2.88. The van der Waals surface area contributed by atoms with Crippen molar-refractivity contribution in [1.29, 1.82) is 0 Å². The van der Waals surface area contributed by atoms with Gasteiger partial charge in [0.15, 0.2) is 56.3 Å². The maximum atomic E-state index is 12.0. The van der Waals surface area contributed by atoms with Gasteiger partial charge in [0, 0.05) is 0 Å². The number of alkyl halides is 35. The molecule has 0 aromatic rings. The fourth-order valence-electron chi connectivity index (χ4n) is 3.09. The molecule has 0 aliphatic rings. The van der Waals surface area contributed by atoms with Gasteiger partial charge in [0.1, 0.15) is 0 Å². The van der Waals surface area contributed by atoms with Crippen molar-refractivity contribution in [1.82, 2.24) is 0 Å². The molecule has 0 fully saturated rings. The van der Waals surface area contributed by atoms with Crippen molar-refractivity contribution in [2.75, 3.05) is 0 Å². The number of hydrogen-bond acceptors (Lipinski definition) is 2. The summed E-state index contributed by atoms with van der Waals surface area (Å²) in [5.41, 5.74) is 0. The Morgan fingerprint density at radius 3 is 0.429 bits per heavy atom. The molecule has 338 valence electrons. The monoisotopic (exact) mass is 1510 g/mol. The van der Waals surface area contributed by atoms with Crippen LogP contribution in [-0.4, -0.2) is 85.4 Å². The van der Waals surface area contributed by atoms with Crippen LogP contribution in [0.25, 0.3) is 0 Å². The largest absolute Gasteiger partial charge is 0.302 e. The molecular formula is C17HCl35O3S. The zero-order chi connectivity index (χ0) is 47.0. The Balaban J connectivity index is 7.88. The second-order valence-corrected chi connectivity index (χ2v) is 35.6. The molecule has 0 saturated heterocycles. The maximum absolute atomic E-state index is 12.0. The van der Waals surface area contributed by atoms with Crippen LogP contribution in [0.15, 0.2) is 0 Å². The first-order valence-corrected chi connectivity index (χ1v) is 26.0. The minimum Gasteiger partial charge on any atom is -0.283 e. The van der Waals surface area contributed by atoms with Gasteiger partial charge >= 0.3 is 10.1 Å². The minimum atomic E-state index is -5.80. The summed E-state index contributed by atoms with van der Waals surface area (Å²) in [6.07, 6.45) is 0. The number of rotatable bonds is 16. The molecule has 0 atom stereocenters. The van der Waals surface area contributed by atoms with Crippen LogP contribution in [0.4, 0.5) is 0 Å². The van der Waals surface area contributed by atoms with Gasteiger partial charge in [0.25, 0.3) is 3.67 Å². The Bertz CT molecular complexity index is 1580. The summed E-state index contributed by atoms with van der Waals surface area (Å²) in [6.45, 7) is 0. The molecule has 0 rings (SSSR count). The number of hydrogen-bond donors (Lipinski definition) is 1. The van der Waals surface area contributed by atoms with E-state index in [9.17, 15) is 13.0 Å². The Hall–Kier alpha value is 10.1. The average Bonchev–Trinajstić information content (AvgIpc) is 2.94. The van der Waals surface area contributed by atoms with Crippen molar-refractivity contribution < 1.29 is 13.0 Å². The topological polar surface area (TPSA) is 54.4 Å². The molecule has 0 saturated carbocycles. The molecule has 0 heterocycles. The molecule has 0 aromatic heterocycles. The fourth-order valence-corrected chi connectivity index (χ4v) is 15.9. The van der Waals surface area contributed by atoms with Gasteiger partial charge in [-0.25, -0.2) is 0 Å². The van der Waals surface area contributed by atoms with Gasteiger partial charge in [0.05, 0.1) is 0 Å². The summed E-state index contributed by atoms with van der Waals surface area (Å²) in [5, 5.41) is 0. The van der Waals surface area contributed by atoms with Crippen LogP contribution in [0.5, 0.6) is 0 Å². The van der Waals surface area contributed by atoms with Gasteiger partial charge in [0.2, 0.25) is 12.5 Å². The first kappa shape index (κ1) is 66.1. The Labute approximate surface area is 493 Å². The molecule has 0 unspecified atom stereocenters. The molecule has 0 aliphatic carbocycles. The summed E-state index contributed by atoms with van der Waals surface area (Å²) in [5.74, 6) is 0. The molecule has 56 heavy (non-hydrogen) atoms. The van der Waals surface area contributed by atoms with E-state index >= 15 is 0 Å². The average molecular weight is 1530 g/mol. The summed E-state index contributed by atoms with van der Waals surface area (Å²) in [7, 11) is -5.80. The minimum absolute atomic E-state index is 2.89. The van der Waals surface area contributed by atoms with E-state index in [1.165, 1.54) is 0 Å². The van der Waals surface area contributed by atoms with Crippen LogP contribution in [0.3, 0.4) is 0 Å². The summed E-state index contributed by atoms with van der Waals surface area (Å²) in [6, 6.07) is 0. The third-order valence-corrected chi connectivity index (χ3v) is 33.7. The van der Waals surface area contributed by atoms with E-state index < -0.39 is 82.6 Å². The van der Waals surface area contributed by atoms with Crippen molar-refractivity contribution in [3.63, 3.8) is 0 Å². The lowest BCUT2D eigenvalue weighted by atomic mass is 9.96. The highest BCUT2D eigenvalue weighted by molar-refractivity contribution is 7.90. The first-order chi connectivity index (χ1) is 23.2. The van der Waals surface area contributed by atoms with Crippen molar-refractivity contribution in [2.45, 2.75) is 72.5 Å². The lowest BCUT2D eigenvalue weighted by molar-refractivity contribution is 0.393. The first-order valence-electron chi connectivity index (χ1n) is 11.3. The normalized spacial score (nSPS) is 17.4. The van der Waals surface area contributed by atoms with E-state index in [-0.39, 0.29) is 0 Å². The van der Waals surface area contributed by atoms with E-state index in [1.54, 1.807) is 0 Å². The van der Waals surface area contributed by atoms with E-state index in [1.807, 2.05) is 0 Å². The van der Waals surface area contributed by atoms with Crippen LogP contribution in [0, 0.1) is 0 Å². The Kier molecular flexibility index (Phi) is 22.6. The van der Waals surface area contributed by atoms with Gasteiger partial charge in [-0.15, -0.1) is 0 Å². The van der Waals surface area contributed by atoms with Crippen molar-refractivity contribution in [2.24, 2.45) is 0 Å². The van der Waals surface area contributed by atoms with E-state index in [2.05, 4.69) is 0 Å². The standard InChI is InChI=1S/C17HCl35O3S/c18-1(19,2(20,21)4(24,25)6(28,29)8(32,33)10(36,37)12(40,41)14(44,45)16(48,49)50)3(22,23)5(26,27)7(30,31)9(34,35)11(38,39)13(42,43)15(46,47)17(51,52)56(53,54)55/h(H,53,54,55). The summed E-state index contributed by atoms with van der Waals surface area (Å²) < 4.78 is -27.9. The van der Waals surface area contributed by atoms with E-state index in [0.29, 0.717) is 0 Å². The lowest BCUT2D eigenvalue weighted by Crippen LogP contribution is -2.76. The fraction of sp³-hybridized carbons (Fsp3) is 1.00. The molecule has 0 spiro atoms. The third-order valence-electron chi connectivity index (χ3n) is 6.57. The maximum Gasteiger partial charge on any atom is 0.302 e. The van der Waals surface area contributed by atoms with Crippen LogP contribution >= 0.6 is 406 Å². The van der Waals surface area contributed by atoms with Crippen LogP contribution in [0.1, 0.15) is 0 Å². The second kappa shape index (κ2) is 19.2. The van der Waals surface area contributed by atoms with E-state index in [0.717, 1.165) is 0 Å². The third kappa shape index (κ3) is 9.58. The van der Waals surface area contributed by atoms with Gasteiger partial charge in [-0.05, 0) is 0 Å². The Morgan fingerprint density at radius 1 is 0.214 bits per heavy atom. The van der Waals surface area contributed by atoms with Crippen molar-refractivity contribution >= 4 is 416 Å². The molecule has 0 bridgehead atoms. The van der Waals surface area contributed by atoms with Gasteiger partial charge in [-0.3, -0.25) is 4.55 Å². The van der Waals surface area contributed by atoms with Gasteiger partial charge < -0.3 is 0 Å². The van der Waals surface area contributed by atoms with Crippen molar-refractivity contribution in [3.05, 3.63) is 0 Å². The SMILES string of the molecule is O=S(=O)(O)C(Cl)(Cl)C(Cl)(Cl)C(Cl)(Cl)C(Cl)(Cl)C(Cl)(Cl)C(Cl)(Cl)C(Cl)(Cl)C(Cl)(Cl)C(Cl)(Cl)C(Cl)(Cl)C(Cl)(Cl)C(Cl)(Cl)C(Cl)(Cl)C(Cl)(Cl)C(Cl)(Cl)C(Cl)(Cl)C(Cl)(Cl)Cl. The molecule has 3 nitrogen and oxygen atoms in total. The Morgan fingerprint density at radius 2 is 0.321 bits per heavy atom. The second-order valence-electron chi connectivity index (χ2n) is 10.1. The van der Waals surface area contributed by atoms with Crippen LogP contribution in [-0.2, 0) is 10.1 Å². The molecule has 0 amide bonds. The molecule has 0 aromatic carbocycles. The highest BCUT2D eigenvalue weighted by Crippen LogP contribution is 2.78. The van der Waals surface area contributed by atoms with Crippen LogP contribution in [0.2, 0.25) is 0 Å². The molecule has 0 radical (unpaired) electrons.